The van der Waals surface area contributed by atoms with Crippen LogP contribution in [-0.4, -0.2) is 56.7 Å². The van der Waals surface area contributed by atoms with Crippen LogP contribution in [0.1, 0.15) is 32.4 Å². The van der Waals surface area contributed by atoms with E-state index in [2.05, 4.69) is 35.0 Å². The van der Waals surface area contributed by atoms with Gasteiger partial charge in [-0.05, 0) is 57.4 Å². The van der Waals surface area contributed by atoms with Crippen LogP contribution in [0.15, 0.2) is 54.6 Å². The third-order valence-electron chi connectivity index (χ3n) is 7.88. The van der Waals surface area contributed by atoms with Gasteiger partial charge in [0.2, 0.25) is 5.91 Å². The number of aryl methyl sites for hydroxylation is 1. The van der Waals surface area contributed by atoms with E-state index in [-0.39, 0.29) is 5.91 Å². The molecular formula is C29H30Cl2N6O. The number of fused-ring (bicyclic) bond motifs is 1. The lowest BCUT2D eigenvalue weighted by atomic mass is 9.85. The molecule has 2 saturated heterocycles. The van der Waals surface area contributed by atoms with E-state index in [0.717, 1.165) is 65.5 Å². The lowest BCUT2D eigenvalue weighted by Crippen LogP contribution is -2.58. The van der Waals surface area contributed by atoms with Crippen molar-refractivity contribution in [3.05, 3.63) is 70.3 Å². The van der Waals surface area contributed by atoms with Gasteiger partial charge < -0.3 is 10.2 Å². The summed E-state index contributed by atoms with van der Waals surface area (Å²) in [4.78, 5) is 22.6. The Hall–Kier alpha value is -3.13. The van der Waals surface area contributed by atoms with E-state index in [1.54, 1.807) is 0 Å². The summed E-state index contributed by atoms with van der Waals surface area (Å²) in [6.07, 6.45) is 1.51. The highest BCUT2D eigenvalue weighted by Gasteiger charge is 2.51. The Bertz CT molecular complexity index is 1520. The molecule has 2 aromatic carbocycles. The van der Waals surface area contributed by atoms with Crippen molar-refractivity contribution >= 4 is 40.6 Å². The molecule has 196 valence electrons. The van der Waals surface area contributed by atoms with E-state index in [9.17, 15) is 4.79 Å². The molecule has 2 aliphatic rings. The van der Waals surface area contributed by atoms with E-state index in [0.29, 0.717) is 22.8 Å². The molecule has 0 aliphatic carbocycles. The zero-order chi connectivity index (χ0) is 26.6. The first-order valence-electron chi connectivity index (χ1n) is 13.0. The zero-order valence-corrected chi connectivity index (χ0v) is 23.2. The van der Waals surface area contributed by atoms with E-state index in [1.165, 1.54) is 0 Å². The predicted octanol–water partition coefficient (Wildman–Crippen LogP) is 5.82. The minimum absolute atomic E-state index is 0.145. The van der Waals surface area contributed by atoms with Crippen molar-refractivity contribution in [2.45, 2.75) is 45.2 Å². The van der Waals surface area contributed by atoms with Gasteiger partial charge in [0.25, 0.3) is 0 Å². The molecule has 0 bridgehead atoms. The van der Waals surface area contributed by atoms with Gasteiger partial charge in [-0.2, -0.15) is 9.61 Å². The molecule has 0 unspecified atom stereocenters. The van der Waals surface area contributed by atoms with Crippen molar-refractivity contribution in [2.75, 3.05) is 24.7 Å². The van der Waals surface area contributed by atoms with Crippen molar-refractivity contribution in [1.29, 1.82) is 0 Å². The molecule has 38 heavy (non-hydrogen) atoms. The van der Waals surface area contributed by atoms with Crippen molar-refractivity contribution in [2.24, 2.45) is 0 Å². The number of amides is 1. The number of carbonyl (C=O) groups is 1. The highest BCUT2D eigenvalue weighted by Crippen LogP contribution is 2.40. The van der Waals surface area contributed by atoms with Gasteiger partial charge in [-0.3, -0.25) is 9.69 Å². The number of rotatable bonds is 4. The molecule has 0 saturated carbocycles. The fraction of sp³-hybridized carbons (Fsp3) is 0.345. The Kier molecular flexibility index (Phi) is 6.33. The molecule has 4 aromatic rings. The second-order valence-corrected chi connectivity index (χ2v) is 11.3. The first-order valence-corrected chi connectivity index (χ1v) is 13.8. The molecule has 0 radical (unpaired) electrons. The van der Waals surface area contributed by atoms with Gasteiger partial charge in [-0.1, -0.05) is 53.5 Å². The maximum atomic E-state index is 13.0. The number of halogens is 2. The van der Waals surface area contributed by atoms with Crippen LogP contribution in [0.5, 0.6) is 0 Å². The smallest absolute Gasteiger partial charge is 0.241 e. The number of piperidine rings is 1. The highest BCUT2D eigenvalue weighted by molar-refractivity contribution is 6.33. The molecule has 7 nitrogen and oxygen atoms in total. The van der Waals surface area contributed by atoms with E-state index in [4.69, 9.17) is 33.3 Å². The Labute approximate surface area is 232 Å². The van der Waals surface area contributed by atoms with Crippen molar-refractivity contribution in [3.63, 3.8) is 0 Å². The lowest BCUT2D eigenvalue weighted by molar-refractivity contribution is -0.128. The van der Waals surface area contributed by atoms with Gasteiger partial charge in [-0.15, -0.1) is 0 Å². The molecule has 2 aliphatic heterocycles. The molecule has 1 amide bonds. The predicted molar refractivity (Wildman–Crippen MR) is 153 cm³/mol. The summed E-state index contributed by atoms with van der Waals surface area (Å²) in [5.41, 5.74) is 4.71. The summed E-state index contributed by atoms with van der Waals surface area (Å²) < 4.78 is 1.93. The van der Waals surface area contributed by atoms with E-state index < -0.39 is 5.54 Å². The first kappa shape index (κ1) is 25.2. The third kappa shape index (κ3) is 4.04. The molecule has 4 heterocycles. The fourth-order valence-corrected chi connectivity index (χ4v) is 6.32. The largest absolute Gasteiger partial charge is 0.356 e. The van der Waals surface area contributed by atoms with Crippen LogP contribution in [0.25, 0.3) is 28.0 Å². The molecule has 2 aromatic heterocycles. The van der Waals surface area contributed by atoms with Crippen LogP contribution < -0.4 is 10.2 Å². The maximum absolute atomic E-state index is 13.0. The standard InChI is InChI=1S/C29H30Cl2N6O/c1-18(2)36-17-32-28(38)29(36)12-14-35(15-13-29)24-16-19(3)33-27-25(20-8-10-21(30)11-9-20)26(34-37(24)27)22-6-4-5-7-23(22)31/h4-11,16,18H,12-15,17H2,1-3H3,(H,32,38). The lowest BCUT2D eigenvalue weighted by Gasteiger charge is -2.44. The van der Waals surface area contributed by atoms with Gasteiger partial charge in [0.05, 0.1) is 17.3 Å². The van der Waals surface area contributed by atoms with E-state index in [1.807, 2.05) is 60.0 Å². The van der Waals surface area contributed by atoms with Crippen molar-refractivity contribution in [1.82, 2.24) is 24.8 Å². The summed E-state index contributed by atoms with van der Waals surface area (Å²) in [5.74, 6) is 1.11. The molecule has 1 N–H and O–H groups in total. The molecule has 1 spiro atoms. The van der Waals surface area contributed by atoms with Gasteiger partial charge >= 0.3 is 0 Å². The van der Waals surface area contributed by atoms with Crippen molar-refractivity contribution < 1.29 is 4.79 Å². The van der Waals surface area contributed by atoms with Crippen LogP contribution in [0.4, 0.5) is 5.82 Å². The minimum atomic E-state index is -0.451. The highest BCUT2D eigenvalue weighted by atomic mass is 35.5. The van der Waals surface area contributed by atoms with Gasteiger partial charge in [0.15, 0.2) is 5.65 Å². The topological polar surface area (TPSA) is 65.8 Å². The second kappa shape index (κ2) is 9.56. The normalized spacial score (nSPS) is 17.6. The number of nitrogens with zero attached hydrogens (tertiary/aromatic N) is 5. The van der Waals surface area contributed by atoms with Gasteiger partial charge in [-0.25, -0.2) is 4.98 Å². The van der Waals surface area contributed by atoms with Crippen LogP contribution in [0.2, 0.25) is 10.0 Å². The molecule has 6 rings (SSSR count). The quantitative estimate of drug-likeness (QED) is 0.348. The third-order valence-corrected chi connectivity index (χ3v) is 8.46. The molecule has 9 heteroatoms. The SMILES string of the molecule is Cc1cc(N2CCC3(CC2)C(=O)NCN3C(C)C)n2nc(-c3ccccc3Cl)c(-c3ccc(Cl)cc3)c2n1. The average Bonchev–Trinajstić information content (AvgIpc) is 3.43. The van der Waals surface area contributed by atoms with Crippen LogP contribution in [0, 0.1) is 6.92 Å². The first-order chi connectivity index (χ1) is 18.3. The summed E-state index contributed by atoms with van der Waals surface area (Å²) in [6.45, 7) is 8.41. The summed E-state index contributed by atoms with van der Waals surface area (Å²) >= 11 is 12.9. The van der Waals surface area contributed by atoms with Gasteiger partial charge in [0, 0.05) is 41.5 Å². The van der Waals surface area contributed by atoms with Crippen molar-refractivity contribution in [3.8, 4) is 22.4 Å². The maximum Gasteiger partial charge on any atom is 0.241 e. The number of hydrogen-bond donors (Lipinski definition) is 1. The summed E-state index contributed by atoms with van der Waals surface area (Å²) in [6, 6.07) is 17.9. The number of benzene rings is 2. The number of hydrogen-bond acceptors (Lipinski definition) is 5. The zero-order valence-electron chi connectivity index (χ0n) is 21.7. The second-order valence-electron chi connectivity index (χ2n) is 10.4. The average molecular weight is 550 g/mol. The van der Waals surface area contributed by atoms with Crippen LogP contribution in [0.3, 0.4) is 0 Å². The van der Waals surface area contributed by atoms with Gasteiger partial charge in [0.1, 0.15) is 17.1 Å². The molecular weight excluding hydrogens is 519 g/mol. The Morgan fingerprint density at radius 3 is 2.42 bits per heavy atom. The molecule has 2 fully saturated rings. The van der Waals surface area contributed by atoms with E-state index >= 15 is 0 Å². The Morgan fingerprint density at radius 2 is 1.74 bits per heavy atom. The number of aromatic nitrogens is 3. The molecule has 0 atom stereocenters. The Morgan fingerprint density at radius 1 is 1.03 bits per heavy atom. The number of carbonyl (C=O) groups excluding carboxylic acids is 1. The van der Waals surface area contributed by atoms with Crippen LogP contribution in [-0.2, 0) is 4.79 Å². The summed E-state index contributed by atoms with van der Waals surface area (Å²) in [5, 5.41) is 9.49. The minimum Gasteiger partial charge on any atom is -0.356 e. The number of nitrogens with one attached hydrogen (secondary N) is 1. The Balaban J connectivity index is 1.48. The summed E-state index contributed by atoms with van der Waals surface area (Å²) in [7, 11) is 0. The number of anilines is 1. The van der Waals surface area contributed by atoms with Crippen LogP contribution >= 0.6 is 23.2 Å². The fourth-order valence-electron chi connectivity index (χ4n) is 5.97. The monoisotopic (exact) mass is 548 g/mol.